The Hall–Kier alpha value is -3.01. The Kier molecular flexibility index (Phi) is 5.36. The van der Waals surface area contributed by atoms with Crippen molar-refractivity contribution in [3.8, 4) is 0 Å². The fourth-order valence-electron chi connectivity index (χ4n) is 2.65. The van der Waals surface area contributed by atoms with E-state index in [0.717, 1.165) is 0 Å². The first-order chi connectivity index (χ1) is 12.9. The van der Waals surface area contributed by atoms with Gasteiger partial charge in [-0.1, -0.05) is 0 Å². The average Bonchev–Trinajstić information content (AvgIpc) is 3.00. The van der Waals surface area contributed by atoms with Gasteiger partial charge in [-0.2, -0.15) is 0 Å². The summed E-state index contributed by atoms with van der Waals surface area (Å²) in [6, 6.07) is 7.42. The van der Waals surface area contributed by atoms with Crippen LogP contribution in [0.25, 0.3) is 0 Å². The Morgan fingerprint density at radius 2 is 1.93 bits per heavy atom. The van der Waals surface area contributed by atoms with Gasteiger partial charge in [-0.15, -0.1) is 0 Å². The molecule has 0 spiro atoms. The van der Waals surface area contributed by atoms with Crippen molar-refractivity contribution in [2.45, 2.75) is 12.5 Å². The number of aromatic nitrogens is 2. The fraction of sp³-hybridized carbons (Fsp3) is 0.294. The predicted molar refractivity (Wildman–Crippen MR) is 98.4 cm³/mol. The number of benzene rings is 1. The summed E-state index contributed by atoms with van der Waals surface area (Å²) in [5, 5.41) is 5.62. The van der Waals surface area contributed by atoms with E-state index in [1.807, 2.05) is 0 Å². The Bertz CT molecular complexity index is 960. The highest BCUT2D eigenvalue weighted by atomic mass is 32.2. The largest absolute Gasteiger partial charge is 0.465 e. The zero-order valence-corrected chi connectivity index (χ0v) is 15.3. The van der Waals surface area contributed by atoms with E-state index >= 15 is 0 Å². The van der Waals surface area contributed by atoms with E-state index < -0.39 is 21.7 Å². The van der Waals surface area contributed by atoms with Crippen LogP contribution in [-0.4, -0.2) is 54.9 Å². The zero-order chi connectivity index (χ0) is 19.4. The van der Waals surface area contributed by atoms with Crippen LogP contribution in [0, 0.1) is 0 Å². The van der Waals surface area contributed by atoms with Gasteiger partial charge in [0.15, 0.2) is 9.84 Å². The second-order valence-corrected chi connectivity index (χ2v) is 8.26. The van der Waals surface area contributed by atoms with Gasteiger partial charge in [-0.25, -0.2) is 23.2 Å². The maximum Gasteiger partial charge on any atom is 0.337 e. The number of sulfone groups is 1. The minimum absolute atomic E-state index is 0.0271. The molecule has 0 radical (unpaired) electrons. The second kappa shape index (κ2) is 7.70. The molecule has 1 fully saturated rings. The third-order valence-corrected chi connectivity index (χ3v) is 5.79. The highest BCUT2D eigenvalue weighted by Crippen LogP contribution is 2.16. The molecule has 1 aliphatic heterocycles. The molecule has 142 valence electrons. The van der Waals surface area contributed by atoms with Crippen LogP contribution in [0.1, 0.15) is 27.3 Å². The molecule has 1 saturated heterocycles. The standard InChI is InChI=1S/C17H18N4O5S/c1-26-16(23)11-2-4-12(5-3-11)19-15(22)14-6-8-18-17(21-14)20-13-7-9-27(24,25)10-13/h2-6,8,13H,7,9-10H2,1H3,(H,19,22)(H,18,20,21). The molecule has 27 heavy (non-hydrogen) atoms. The molecule has 0 bridgehead atoms. The van der Waals surface area contributed by atoms with Crippen molar-refractivity contribution in [2.75, 3.05) is 29.2 Å². The van der Waals surface area contributed by atoms with Gasteiger partial charge in [0.05, 0.1) is 24.2 Å². The van der Waals surface area contributed by atoms with Crippen LogP contribution in [0.2, 0.25) is 0 Å². The number of hydrogen-bond donors (Lipinski definition) is 2. The Labute approximate surface area is 156 Å². The average molecular weight is 390 g/mol. The van der Waals surface area contributed by atoms with Crippen LogP contribution in [-0.2, 0) is 14.6 Å². The molecule has 1 amide bonds. The number of rotatable bonds is 5. The van der Waals surface area contributed by atoms with Gasteiger partial charge in [-0.05, 0) is 36.8 Å². The van der Waals surface area contributed by atoms with E-state index in [-0.39, 0.29) is 29.2 Å². The van der Waals surface area contributed by atoms with Gasteiger partial charge in [0, 0.05) is 17.9 Å². The normalized spacial score (nSPS) is 17.9. The molecule has 2 heterocycles. The van der Waals surface area contributed by atoms with Crippen molar-refractivity contribution in [2.24, 2.45) is 0 Å². The van der Waals surface area contributed by atoms with Gasteiger partial charge in [0.25, 0.3) is 5.91 Å². The molecule has 9 nitrogen and oxygen atoms in total. The first-order valence-electron chi connectivity index (χ1n) is 8.16. The van der Waals surface area contributed by atoms with Crippen LogP contribution in [0.3, 0.4) is 0 Å². The molecule has 10 heteroatoms. The first kappa shape index (κ1) is 18.8. The first-order valence-corrected chi connectivity index (χ1v) is 9.98. The lowest BCUT2D eigenvalue weighted by atomic mass is 10.2. The molecule has 1 aromatic carbocycles. The Morgan fingerprint density at radius 1 is 1.19 bits per heavy atom. The number of esters is 1. The molecule has 3 rings (SSSR count). The Balaban J connectivity index is 1.66. The third kappa shape index (κ3) is 4.79. The highest BCUT2D eigenvalue weighted by Gasteiger charge is 2.28. The second-order valence-electron chi connectivity index (χ2n) is 6.03. The topological polar surface area (TPSA) is 127 Å². The number of methoxy groups -OCH3 is 1. The summed E-state index contributed by atoms with van der Waals surface area (Å²) in [6.45, 7) is 0. The van der Waals surface area contributed by atoms with Gasteiger partial charge in [0.2, 0.25) is 5.95 Å². The van der Waals surface area contributed by atoms with Crippen molar-refractivity contribution in [1.82, 2.24) is 9.97 Å². The Morgan fingerprint density at radius 3 is 2.56 bits per heavy atom. The number of nitrogens with one attached hydrogen (secondary N) is 2. The lowest BCUT2D eigenvalue weighted by molar-refractivity contribution is 0.0600. The van der Waals surface area contributed by atoms with Gasteiger partial charge in [0.1, 0.15) is 5.69 Å². The summed E-state index contributed by atoms with van der Waals surface area (Å²) in [6.07, 6.45) is 1.91. The molecule has 1 aliphatic rings. The van der Waals surface area contributed by atoms with E-state index in [4.69, 9.17) is 0 Å². The van der Waals surface area contributed by atoms with Crippen molar-refractivity contribution < 1.29 is 22.7 Å². The monoisotopic (exact) mass is 390 g/mol. The van der Waals surface area contributed by atoms with Gasteiger partial charge in [-0.3, -0.25) is 4.79 Å². The summed E-state index contributed by atoms with van der Waals surface area (Å²) in [5.74, 6) is -0.560. The maximum atomic E-state index is 12.4. The molecular formula is C17H18N4O5S. The van der Waals surface area contributed by atoms with Crippen molar-refractivity contribution in [3.05, 3.63) is 47.8 Å². The van der Waals surface area contributed by atoms with Crippen LogP contribution < -0.4 is 10.6 Å². The van der Waals surface area contributed by atoms with Gasteiger partial charge >= 0.3 is 5.97 Å². The SMILES string of the molecule is COC(=O)c1ccc(NC(=O)c2ccnc(NC3CCS(=O)(=O)C3)n2)cc1. The minimum Gasteiger partial charge on any atom is -0.465 e. The van der Waals surface area contributed by atoms with Gasteiger partial charge < -0.3 is 15.4 Å². The smallest absolute Gasteiger partial charge is 0.337 e. The molecule has 1 atom stereocenters. The third-order valence-electron chi connectivity index (χ3n) is 4.02. The van der Waals surface area contributed by atoms with Crippen molar-refractivity contribution >= 4 is 33.3 Å². The summed E-state index contributed by atoms with van der Waals surface area (Å²) in [4.78, 5) is 31.9. The number of carbonyl (C=O) groups is 2. The molecule has 0 aliphatic carbocycles. The molecule has 2 N–H and O–H groups in total. The summed E-state index contributed by atoms with van der Waals surface area (Å²) in [7, 11) is -1.73. The van der Waals surface area contributed by atoms with E-state index in [2.05, 4.69) is 25.3 Å². The minimum atomic E-state index is -3.02. The van der Waals surface area contributed by atoms with Crippen LogP contribution in [0.4, 0.5) is 11.6 Å². The molecule has 0 saturated carbocycles. The lowest BCUT2D eigenvalue weighted by Crippen LogP contribution is -2.23. The maximum absolute atomic E-state index is 12.4. The quantitative estimate of drug-likeness (QED) is 0.727. The highest BCUT2D eigenvalue weighted by molar-refractivity contribution is 7.91. The van der Waals surface area contributed by atoms with Crippen molar-refractivity contribution in [3.63, 3.8) is 0 Å². The lowest BCUT2D eigenvalue weighted by Gasteiger charge is -2.11. The number of ether oxygens (including phenoxy) is 1. The number of carbonyl (C=O) groups excluding carboxylic acids is 2. The van der Waals surface area contributed by atoms with Crippen LogP contribution >= 0.6 is 0 Å². The molecular weight excluding hydrogens is 372 g/mol. The van der Waals surface area contributed by atoms with Crippen molar-refractivity contribution in [1.29, 1.82) is 0 Å². The number of hydrogen-bond acceptors (Lipinski definition) is 8. The molecule has 1 aromatic heterocycles. The summed E-state index contributed by atoms with van der Waals surface area (Å²) >= 11 is 0. The van der Waals surface area contributed by atoms with E-state index in [9.17, 15) is 18.0 Å². The number of anilines is 2. The van der Waals surface area contributed by atoms with E-state index in [1.54, 1.807) is 12.1 Å². The predicted octanol–water partition coefficient (Wildman–Crippen LogP) is 1.11. The fourth-order valence-corrected chi connectivity index (χ4v) is 4.32. The van der Waals surface area contributed by atoms with Crippen LogP contribution in [0.15, 0.2) is 36.5 Å². The van der Waals surface area contributed by atoms with E-state index in [1.165, 1.54) is 31.5 Å². The van der Waals surface area contributed by atoms with Crippen LogP contribution in [0.5, 0.6) is 0 Å². The zero-order valence-electron chi connectivity index (χ0n) is 14.5. The number of amides is 1. The summed E-state index contributed by atoms with van der Waals surface area (Å²) in [5.41, 5.74) is 0.989. The molecule has 1 unspecified atom stereocenters. The number of nitrogens with zero attached hydrogens (tertiary/aromatic N) is 2. The van der Waals surface area contributed by atoms with E-state index in [0.29, 0.717) is 17.7 Å². The molecule has 2 aromatic rings. The summed E-state index contributed by atoms with van der Waals surface area (Å²) < 4.78 is 27.7.